The third kappa shape index (κ3) is 3.31. The monoisotopic (exact) mass is 360 g/mol. The molecule has 4 aromatic rings. The van der Waals surface area contributed by atoms with Crippen molar-refractivity contribution in [3.8, 4) is 5.69 Å². The number of nitro benzene ring substituents is 1. The van der Waals surface area contributed by atoms with E-state index in [9.17, 15) is 10.1 Å². The van der Waals surface area contributed by atoms with Crippen LogP contribution in [-0.2, 0) is 0 Å². The highest BCUT2D eigenvalue weighted by atomic mass is 16.6. The molecule has 132 valence electrons. The van der Waals surface area contributed by atoms with Crippen molar-refractivity contribution in [1.82, 2.24) is 24.7 Å². The predicted molar refractivity (Wildman–Crippen MR) is 98.8 cm³/mol. The van der Waals surface area contributed by atoms with E-state index in [0.29, 0.717) is 22.5 Å². The number of hydrogen-bond acceptors (Lipinski definition) is 8. The van der Waals surface area contributed by atoms with Crippen LogP contribution in [0.1, 0.15) is 5.56 Å². The second kappa shape index (κ2) is 6.96. The van der Waals surface area contributed by atoms with Crippen molar-refractivity contribution < 1.29 is 4.92 Å². The zero-order chi connectivity index (χ0) is 18.6. The SMILES string of the molecule is O=[N+]([O-])c1cccc(-n2ncc3c(N/N=C/c4ccncc4)ncnc32)c1. The van der Waals surface area contributed by atoms with Gasteiger partial charge in [-0.05, 0) is 23.8 Å². The molecule has 0 saturated carbocycles. The van der Waals surface area contributed by atoms with E-state index in [2.05, 4.69) is 30.6 Å². The van der Waals surface area contributed by atoms with Gasteiger partial charge in [-0.2, -0.15) is 10.2 Å². The molecule has 0 fully saturated rings. The Morgan fingerprint density at radius 2 is 2.04 bits per heavy atom. The summed E-state index contributed by atoms with van der Waals surface area (Å²) in [6, 6.07) is 9.81. The largest absolute Gasteiger partial charge is 0.271 e. The number of pyridine rings is 1. The van der Waals surface area contributed by atoms with Crippen LogP contribution in [0.4, 0.5) is 11.5 Å². The number of fused-ring (bicyclic) bond motifs is 1. The van der Waals surface area contributed by atoms with Crippen LogP contribution in [-0.4, -0.2) is 35.9 Å². The van der Waals surface area contributed by atoms with Gasteiger partial charge in [-0.15, -0.1) is 0 Å². The van der Waals surface area contributed by atoms with Gasteiger partial charge in [0, 0.05) is 24.5 Å². The van der Waals surface area contributed by atoms with Crippen LogP contribution in [0.25, 0.3) is 16.7 Å². The summed E-state index contributed by atoms with van der Waals surface area (Å²) in [6.45, 7) is 0. The average Bonchev–Trinajstić information content (AvgIpc) is 3.14. The number of nitrogens with zero attached hydrogens (tertiary/aromatic N) is 7. The van der Waals surface area contributed by atoms with Crippen LogP contribution in [0.5, 0.6) is 0 Å². The topological polar surface area (TPSA) is 124 Å². The second-order valence-electron chi connectivity index (χ2n) is 5.44. The Kier molecular flexibility index (Phi) is 4.19. The van der Waals surface area contributed by atoms with Gasteiger partial charge in [0.1, 0.15) is 6.33 Å². The number of non-ortho nitro benzene ring substituents is 1. The Labute approximate surface area is 152 Å². The third-order valence-electron chi connectivity index (χ3n) is 3.74. The van der Waals surface area contributed by atoms with Crippen LogP contribution in [0.2, 0.25) is 0 Å². The molecule has 0 amide bonds. The molecule has 0 atom stereocenters. The second-order valence-corrected chi connectivity index (χ2v) is 5.44. The van der Waals surface area contributed by atoms with Gasteiger partial charge in [0.15, 0.2) is 11.5 Å². The van der Waals surface area contributed by atoms with Crippen LogP contribution < -0.4 is 5.43 Å². The van der Waals surface area contributed by atoms with Crippen molar-refractivity contribution in [2.24, 2.45) is 5.10 Å². The Morgan fingerprint density at radius 1 is 1.19 bits per heavy atom. The van der Waals surface area contributed by atoms with Crippen LogP contribution >= 0.6 is 0 Å². The summed E-state index contributed by atoms with van der Waals surface area (Å²) in [4.78, 5) is 22.9. The van der Waals surface area contributed by atoms with E-state index in [4.69, 9.17) is 0 Å². The van der Waals surface area contributed by atoms with E-state index < -0.39 is 4.92 Å². The number of hydrogen-bond donors (Lipinski definition) is 1. The number of benzene rings is 1. The van der Waals surface area contributed by atoms with Gasteiger partial charge in [-0.3, -0.25) is 20.5 Å². The van der Waals surface area contributed by atoms with Crippen molar-refractivity contribution >= 4 is 28.8 Å². The number of nitro groups is 1. The highest BCUT2D eigenvalue weighted by molar-refractivity contribution is 5.88. The van der Waals surface area contributed by atoms with E-state index >= 15 is 0 Å². The Hall–Kier alpha value is -4.21. The fraction of sp³-hybridized carbons (Fsp3) is 0. The lowest BCUT2D eigenvalue weighted by Gasteiger charge is -2.04. The number of hydrazone groups is 1. The maximum atomic E-state index is 11.0. The average molecular weight is 360 g/mol. The highest BCUT2D eigenvalue weighted by Gasteiger charge is 2.13. The van der Waals surface area contributed by atoms with Crippen molar-refractivity contribution in [2.45, 2.75) is 0 Å². The zero-order valence-corrected chi connectivity index (χ0v) is 13.8. The zero-order valence-electron chi connectivity index (χ0n) is 13.8. The lowest BCUT2D eigenvalue weighted by Crippen LogP contribution is -2.00. The molecule has 0 aliphatic heterocycles. The summed E-state index contributed by atoms with van der Waals surface area (Å²) < 4.78 is 1.52. The Bertz CT molecular complexity index is 1140. The molecule has 0 spiro atoms. The molecule has 10 nitrogen and oxygen atoms in total. The van der Waals surface area contributed by atoms with E-state index in [1.165, 1.54) is 23.1 Å². The van der Waals surface area contributed by atoms with E-state index in [0.717, 1.165) is 5.56 Å². The van der Waals surface area contributed by atoms with Crippen LogP contribution in [0, 0.1) is 10.1 Å². The van der Waals surface area contributed by atoms with E-state index in [-0.39, 0.29) is 5.69 Å². The first-order chi connectivity index (χ1) is 13.2. The minimum absolute atomic E-state index is 0.0227. The summed E-state index contributed by atoms with van der Waals surface area (Å²) in [5, 5.41) is 20.1. The molecule has 1 N–H and O–H groups in total. The normalized spacial score (nSPS) is 11.1. The Morgan fingerprint density at radius 3 is 2.85 bits per heavy atom. The van der Waals surface area contributed by atoms with Gasteiger partial charge in [-0.1, -0.05) is 6.07 Å². The quantitative estimate of drug-likeness (QED) is 0.329. The molecule has 3 heterocycles. The predicted octanol–water partition coefficient (Wildman–Crippen LogP) is 2.56. The lowest BCUT2D eigenvalue weighted by atomic mass is 10.3. The number of anilines is 1. The first-order valence-corrected chi connectivity index (χ1v) is 7.85. The molecule has 3 aromatic heterocycles. The molecule has 0 aliphatic carbocycles. The standard InChI is InChI=1S/C17H12N8O2/c26-25(27)14-3-1-2-13(8-14)24-17-15(10-22-24)16(19-11-20-17)23-21-9-12-4-6-18-7-5-12/h1-11H,(H,19,20,23)/b21-9+. The molecule has 1 aromatic carbocycles. The number of rotatable bonds is 5. The van der Waals surface area contributed by atoms with Crippen molar-refractivity contribution in [1.29, 1.82) is 0 Å². The summed E-state index contributed by atoms with van der Waals surface area (Å²) in [7, 11) is 0. The highest BCUT2D eigenvalue weighted by Crippen LogP contribution is 2.23. The fourth-order valence-corrected chi connectivity index (χ4v) is 2.48. The van der Waals surface area contributed by atoms with Crippen LogP contribution in [0.3, 0.4) is 0 Å². The molecular formula is C17H12N8O2. The fourth-order valence-electron chi connectivity index (χ4n) is 2.48. The minimum atomic E-state index is -0.453. The lowest BCUT2D eigenvalue weighted by molar-refractivity contribution is -0.384. The van der Waals surface area contributed by atoms with Crippen LogP contribution in [0.15, 0.2) is 66.4 Å². The van der Waals surface area contributed by atoms with Gasteiger partial charge in [-0.25, -0.2) is 14.6 Å². The Balaban J connectivity index is 1.67. The first-order valence-electron chi connectivity index (χ1n) is 7.85. The molecule has 0 aliphatic rings. The van der Waals surface area contributed by atoms with Gasteiger partial charge < -0.3 is 0 Å². The molecule has 0 bridgehead atoms. The third-order valence-corrected chi connectivity index (χ3v) is 3.74. The van der Waals surface area contributed by atoms with Crippen molar-refractivity contribution in [3.05, 3.63) is 77.0 Å². The molecule has 27 heavy (non-hydrogen) atoms. The molecule has 10 heteroatoms. The summed E-state index contributed by atoms with van der Waals surface area (Å²) in [5.74, 6) is 0.474. The maximum Gasteiger partial charge on any atom is 0.271 e. The molecule has 0 radical (unpaired) electrons. The van der Waals surface area contributed by atoms with E-state index in [1.54, 1.807) is 36.9 Å². The number of aromatic nitrogens is 5. The smallest absolute Gasteiger partial charge is 0.265 e. The summed E-state index contributed by atoms with van der Waals surface area (Å²) in [6.07, 6.45) is 7.95. The van der Waals surface area contributed by atoms with Gasteiger partial charge in [0.25, 0.3) is 5.69 Å². The van der Waals surface area contributed by atoms with Gasteiger partial charge in [0.2, 0.25) is 0 Å². The molecule has 0 saturated heterocycles. The first kappa shape index (κ1) is 16.3. The molecule has 0 unspecified atom stereocenters. The molecular weight excluding hydrogens is 348 g/mol. The maximum absolute atomic E-state index is 11.0. The summed E-state index contributed by atoms with van der Waals surface area (Å²) in [5.41, 5.74) is 4.77. The summed E-state index contributed by atoms with van der Waals surface area (Å²) >= 11 is 0. The van der Waals surface area contributed by atoms with Gasteiger partial charge >= 0.3 is 0 Å². The van der Waals surface area contributed by atoms with Crippen molar-refractivity contribution in [3.63, 3.8) is 0 Å². The van der Waals surface area contributed by atoms with Gasteiger partial charge in [0.05, 0.1) is 28.4 Å². The molecule has 4 rings (SSSR count). The van der Waals surface area contributed by atoms with E-state index in [1.807, 2.05) is 12.1 Å². The van der Waals surface area contributed by atoms with Crippen molar-refractivity contribution in [2.75, 3.05) is 5.43 Å². The minimum Gasteiger partial charge on any atom is -0.265 e. The number of nitrogens with one attached hydrogen (secondary N) is 1.